The van der Waals surface area contributed by atoms with Crippen molar-refractivity contribution in [3.63, 3.8) is 0 Å². The van der Waals surface area contributed by atoms with Crippen molar-refractivity contribution >= 4 is 22.1 Å². The minimum Gasteiger partial charge on any atom is -0.747 e. The summed E-state index contributed by atoms with van der Waals surface area (Å²) in [5.41, 5.74) is 0. The van der Waals surface area contributed by atoms with Gasteiger partial charge in [-0.05, 0) is 0 Å². The topological polar surface area (TPSA) is 110 Å². The molecule has 0 aromatic rings. The number of ether oxygens (including phenoxy) is 2. The van der Waals surface area contributed by atoms with E-state index in [1.807, 2.05) is 0 Å². The fourth-order valence-electron chi connectivity index (χ4n) is 2.31. The first kappa shape index (κ1) is 43.7. The maximum absolute atomic E-state index is 13.4. The number of hydrogen-bond acceptors (Lipinski definition) is 7. The van der Waals surface area contributed by atoms with E-state index in [4.69, 9.17) is 0 Å². The number of carbonyl (C=O) groups is 2. The first-order chi connectivity index (χ1) is 18.1. The van der Waals surface area contributed by atoms with Crippen molar-refractivity contribution in [3.8, 4) is 0 Å². The molecule has 0 N–H and O–H groups in total. The molecule has 43 heavy (non-hydrogen) atoms. The molecule has 0 aromatic heterocycles. The third-order valence-corrected chi connectivity index (χ3v) is 5.78. The second kappa shape index (κ2) is 13.5. The van der Waals surface area contributed by atoms with Crippen LogP contribution in [0.5, 0.6) is 0 Å². The van der Waals surface area contributed by atoms with E-state index in [2.05, 4.69) is 9.47 Å². The standard InChI is InChI=1S/C16H12F18O7S.Na/c17-9(18,11(21,22)13(25,26)15(29,30)31)1-3-40-7(35)5-6(42(37,38)39)8(36)41-4-2-10(19,20)12(23,24)14(27,28)16(32,33)34;/h6H,1-5H2,(H,37,38,39);/q;+1/p-1. The molecule has 7 nitrogen and oxygen atoms in total. The van der Waals surface area contributed by atoms with Crippen LogP contribution in [0.3, 0.4) is 0 Å². The monoisotopic (exact) mass is 712 g/mol. The Bertz CT molecular complexity index is 1090. The number of rotatable bonds is 14. The molecule has 0 aliphatic carbocycles. The average molecular weight is 712 g/mol. The molecule has 0 spiro atoms. The Balaban J connectivity index is 0. The molecule has 1 unspecified atom stereocenters. The molecular weight excluding hydrogens is 701 g/mol. The minimum absolute atomic E-state index is 0. The van der Waals surface area contributed by atoms with Crippen molar-refractivity contribution in [2.75, 3.05) is 13.2 Å². The Morgan fingerprint density at radius 1 is 0.581 bits per heavy atom. The molecule has 0 saturated carbocycles. The molecule has 250 valence electrons. The summed E-state index contributed by atoms with van der Waals surface area (Å²) < 4.78 is 270. The summed E-state index contributed by atoms with van der Waals surface area (Å²) in [6.45, 7) is -4.57. The van der Waals surface area contributed by atoms with Gasteiger partial charge in [-0.15, -0.1) is 0 Å². The Morgan fingerprint density at radius 3 is 1.16 bits per heavy atom. The van der Waals surface area contributed by atoms with E-state index in [1.165, 1.54) is 0 Å². The van der Waals surface area contributed by atoms with Gasteiger partial charge >= 0.3 is 89.4 Å². The van der Waals surface area contributed by atoms with E-state index in [1.54, 1.807) is 0 Å². The van der Waals surface area contributed by atoms with E-state index < -0.39 is 108 Å². The molecule has 0 saturated heterocycles. The van der Waals surface area contributed by atoms with Gasteiger partial charge in [0.15, 0.2) is 5.25 Å². The zero-order valence-electron chi connectivity index (χ0n) is 20.2. The summed E-state index contributed by atoms with van der Waals surface area (Å²) in [5.74, 6) is -46.8. The van der Waals surface area contributed by atoms with Crippen LogP contribution in [0.2, 0.25) is 0 Å². The van der Waals surface area contributed by atoms with Crippen molar-refractivity contribution in [2.45, 2.75) is 72.4 Å². The van der Waals surface area contributed by atoms with Crippen LogP contribution in [-0.4, -0.2) is 91.3 Å². The molecule has 1 atom stereocenters. The van der Waals surface area contributed by atoms with E-state index in [-0.39, 0.29) is 29.6 Å². The Hall–Kier alpha value is -1.41. The summed E-state index contributed by atoms with van der Waals surface area (Å²) in [7, 11) is -6.23. The summed E-state index contributed by atoms with van der Waals surface area (Å²) in [5, 5.41) is -3.51. The Morgan fingerprint density at radius 2 is 0.884 bits per heavy atom. The van der Waals surface area contributed by atoms with Gasteiger partial charge in [0.05, 0.1) is 32.5 Å². The van der Waals surface area contributed by atoms with Crippen LogP contribution in [0.4, 0.5) is 79.0 Å². The van der Waals surface area contributed by atoms with Gasteiger partial charge in [0.1, 0.15) is 10.1 Å². The van der Waals surface area contributed by atoms with Crippen LogP contribution < -0.4 is 29.6 Å². The molecule has 0 aliphatic rings. The van der Waals surface area contributed by atoms with Gasteiger partial charge in [-0.3, -0.25) is 9.59 Å². The molecule has 0 radical (unpaired) electrons. The van der Waals surface area contributed by atoms with E-state index in [9.17, 15) is 102 Å². The van der Waals surface area contributed by atoms with Gasteiger partial charge in [0.2, 0.25) is 0 Å². The van der Waals surface area contributed by atoms with Gasteiger partial charge in [-0.1, -0.05) is 0 Å². The smallest absolute Gasteiger partial charge is 0.747 e. The maximum atomic E-state index is 13.4. The van der Waals surface area contributed by atoms with Crippen molar-refractivity contribution in [1.82, 2.24) is 0 Å². The van der Waals surface area contributed by atoms with Gasteiger partial charge in [-0.2, -0.15) is 79.0 Å². The SMILES string of the molecule is O=C(CC(C(=O)OCCC(F)(F)C(F)(F)C(F)(F)C(F)(F)F)S(=O)(=O)[O-])OCCC(F)(F)C(F)(F)C(F)(F)C(F)(F)F.[Na+]. The second-order valence-electron chi connectivity index (χ2n) is 7.78. The number of alkyl halides is 18. The minimum atomic E-state index is -7.37. The molecule has 0 heterocycles. The first-order valence-electron chi connectivity index (χ1n) is 9.79. The zero-order chi connectivity index (χ0) is 34.2. The van der Waals surface area contributed by atoms with Crippen molar-refractivity contribution in [2.24, 2.45) is 0 Å². The van der Waals surface area contributed by atoms with Crippen LogP contribution in [0.15, 0.2) is 0 Å². The zero-order valence-corrected chi connectivity index (χ0v) is 23.0. The quantitative estimate of drug-likeness (QED) is 0.118. The molecule has 27 heteroatoms. The van der Waals surface area contributed by atoms with Gasteiger partial charge < -0.3 is 14.0 Å². The Labute approximate surface area is 248 Å². The summed E-state index contributed by atoms with van der Waals surface area (Å²) >= 11 is 0. The number of hydrogen-bond donors (Lipinski definition) is 0. The maximum Gasteiger partial charge on any atom is 1.00 e. The van der Waals surface area contributed by atoms with Crippen LogP contribution >= 0.6 is 0 Å². The third-order valence-electron chi connectivity index (χ3n) is 4.72. The van der Waals surface area contributed by atoms with Crippen LogP contribution in [-0.2, 0) is 29.2 Å². The Kier molecular flexibility index (Phi) is 13.7. The van der Waals surface area contributed by atoms with Crippen molar-refractivity contribution < 1.29 is 141 Å². The molecular formula is C16H11F18NaO7S. The van der Waals surface area contributed by atoms with Crippen LogP contribution in [0.25, 0.3) is 0 Å². The van der Waals surface area contributed by atoms with Crippen molar-refractivity contribution in [3.05, 3.63) is 0 Å². The third kappa shape index (κ3) is 9.31. The van der Waals surface area contributed by atoms with Gasteiger partial charge in [-0.25, -0.2) is 8.42 Å². The van der Waals surface area contributed by atoms with Crippen LogP contribution in [0.1, 0.15) is 19.3 Å². The van der Waals surface area contributed by atoms with Gasteiger partial charge in [0, 0.05) is 0 Å². The first-order valence-corrected chi connectivity index (χ1v) is 11.3. The predicted octanol–water partition coefficient (Wildman–Crippen LogP) is 2.10. The molecule has 0 amide bonds. The molecule has 0 aliphatic heterocycles. The second-order valence-corrected chi connectivity index (χ2v) is 9.33. The summed E-state index contributed by atoms with van der Waals surface area (Å²) in [6.07, 6.45) is -22.4. The van der Waals surface area contributed by atoms with Gasteiger partial charge in [0.25, 0.3) is 0 Å². The predicted molar refractivity (Wildman–Crippen MR) is 91.0 cm³/mol. The fourth-order valence-corrected chi connectivity index (χ4v) is 2.95. The molecule has 0 bridgehead atoms. The largest absolute Gasteiger partial charge is 1.00 e. The number of halogens is 18. The molecule has 0 rings (SSSR count). The van der Waals surface area contributed by atoms with Crippen molar-refractivity contribution in [1.29, 1.82) is 0 Å². The van der Waals surface area contributed by atoms with E-state index in [0.717, 1.165) is 0 Å². The van der Waals surface area contributed by atoms with E-state index in [0.29, 0.717) is 0 Å². The average Bonchev–Trinajstić information content (AvgIpc) is 2.74. The van der Waals surface area contributed by atoms with Crippen LogP contribution in [0, 0.1) is 0 Å². The van der Waals surface area contributed by atoms with E-state index >= 15 is 0 Å². The summed E-state index contributed by atoms with van der Waals surface area (Å²) in [6, 6.07) is 0. The number of esters is 2. The normalized spacial score (nSPS) is 15.4. The molecule has 0 fully saturated rings. The fraction of sp³-hybridized carbons (Fsp3) is 0.875. The summed E-state index contributed by atoms with van der Waals surface area (Å²) in [4.78, 5) is 23.1. The molecule has 0 aromatic carbocycles. The number of carbonyl (C=O) groups excluding carboxylic acids is 2.